The Balaban J connectivity index is 2.67. The molecule has 1 aromatic rings. The second-order valence-electron chi connectivity index (χ2n) is 7.50. The highest BCUT2D eigenvalue weighted by atomic mass is 16.3. The van der Waals surface area contributed by atoms with Gasteiger partial charge in [-0.2, -0.15) is 0 Å². The van der Waals surface area contributed by atoms with Crippen LogP contribution in [0.1, 0.15) is 49.0 Å². The molecule has 0 saturated carbocycles. The van der Waals surface area contributed by atoms with Crippen molar-refractivity contribution in [2.45, 2.75) is 39.7 Å². The number of likely N-dealkylation sites (N-methyl/N-ethyl adjacent to an activating group) is 1. The van der Waals surface area contributed by atoms with Crippen molar-refractivity contribution in [1.82, 2.24) is 20.9 Å². The van der Waals surface area contributed by atoms with Crippen molar-refractivity contribution < 1.29 is 9.90 Å². The molecular formula is C22H39N5O2. The monoisotopic (exact) mass is 405 g/mol. The molecule has 1 aromatic carbocycles. The first-order valence-electron chi connectivity index (χ1n) is 10.6. The molecule has 164 valence electrons. The van der Waals surface area contributed by atoms with Crippen LogP contribution in [-0.2, 0) is 6.54 Å². The highest BCUT2D eigenvalue weighted by Crippen LogP contribution is 2.10. The number of hydrogen-bond acceptors (Lipinski definition) is 4. The van der Waals surface area contributed by atoms with Crippen LogP contribution in [0.15, 0.2) is 29.3 Å². The third-order valence-electron chi connectivity index (χ3n) is 4.59. The van der Waals surface area contributed by atoms with Crippen LogP contribution in [0.4, 0.5) is 0 Å². The molecule has 1 amide bonds. The number of hydrogen-bond donors (Lipinski definition) is 4. The fourth-order valence-corrected chi connectivity index (χ4v) is 3.00. The van der Waals surface area contributed by atoms with Gasteiger partial charge in [-0.3, -0.25) is 4.79 Å². The summed E-state index contributed by atoms with van der Waals surface area (Å²) in [5, 5.41) is 18.8. The van der Waals surface area contributed by atoms with E-state index >= 15 is 0 Å². The van der Waals surface area contributed by atoms with E-state index in [4.69, 9.17) is 0 Å². The number of nitrogens with zero attached hydrogens (tertiary/aromatic N) is 2. The number of aliphatic hydroxyl groups is 1. The highest BCUT2D eigenvalue weighted by Gasteiger charge is 2.09. The van der Waals surface area contributed by atoms with Gasteiger partial charge in [0.05, 0.1) is 6.54 Å². The molecule has 4 N–H and O–H groups in total. The van der Waals surface area contributed by atoms with Crippen LogP contribution in [0, 0.1) is 5.92 Å². The maximum atomic E-state index is 12.3. The minimum Gasteiger partial charge on any atom is -0.396 e. The topological polar surface area (TPSA) is 89.0 Å². The minimum atomic E-state index is -0.0610. The predicted molar refractivity (Wildman–Crippen MR) is 120 cm³/mol. The number of amides is 1. The van der Waals surface area contributed by atoms with Gasteiger partial charge in [0, 0.05) is 38.3 Å². The average molecular weight is 406 g/mol. The summed E-state index contributed by atoms with van der Waals surface area (Å²) in [5.74, 6) is 1.13. The van der Waals surface area contributed by atoms with E-state index in [-0.39, 0.29) is 12.5 Å². The molecule has 1 rings (SSSR count). The lowest BCUT2D eigenvalue weighted by Crippen LogP contribution is -2.40. The van der Waals surface area contributed by atoms with Crippen LogP contribution in [0.5, 0.6) is 0 Å². The molecule has 0 heterocycles. The second kappa shape index (κ2) is 14.8. The number of rotatable bonds is 13. The molecule has 0 radical (unpaired) electrons. The number of benzene rings is 1. The molecule has 1 unspecified atom stereocenters. The maximum absolute atomic E-state index is 12.3. The minimum absolute atomic E-state index is 0.0610. The Labute approximate surface area is 176 Å². The molecule has 0 spiro atoms. The summed E-state index contributed by atoms with van der Waals surface area (Å²) in [5.41, 5.74) is 1.64. The van der Waals surface area contributed by atoms with Gasteiger partial charge in [0.1, 0.15) is 0 Å². The first-order chi connectivity index (χ1) is 14.0. The SMILES string of the molecule is CCCC(CCO)CNC(=NCc1cccc(C(=O)NCCN(C)C)c1)NCC. The standard InChI is InChI=1S/C22H39N5O2/c1-5-8-18(11-14-28)16-25-22(23-6-2)26-17-19-9-7-10-20(15-19)21(29)24-12-13-27(3)4/h7,9-10,15,18,28H,5-6,8,11-14,16-17H2,1-4H3,(H,24,29)(H2,23,25,26). The lowest BCUT2D eigenvalue weighted by Gasteiger charge is -2.18. The Morgan fingerprint density at radius 2 is 1.97 bits per heavy atom. The third kappa shape index (κ3) is 10.9. The summed E-state index contributed by atoms with van der Waals surface area (Å²) in [4.78, 5) is 19.0. The number of nitrogens with one attached hydrogen (secondary N) is 3. The predicted octanol–water partition coefficient (Wildman–Crippen LogP) is 1.83. The summed E-state index contributed by atoms with van der Waals surface area (Å²) < 4.78 is 0. The van der Waals surface area contributed by atoms with Gasteiger partial charge >= 0.3 is 0 Å². The van der Waals surface area contributed by atoms with E-state index in [9.17, 15) is 9.90 Å². The van der Waals surface area contributed by atoms with Crippen LogP contribution in [0.2, 0.25) is 0 Å². The lowest BCUT2D eigenvalue weighted by molar-refractivity contribution is 0.0951. The van der Waals surface area contributed by atoms with Gasteiger partial charge in [0.15, 0.2) is 5.96 Å². The number of aliphatic hydroxyl groups excluding tert-OH is 1. The van der Waals surface area contributed by atoms with Gasteiger partial charge in [-0.1, -0.05) is 25.5 Å². The van der Waals surface area contributed by atoms with E-state index in [0.717, 1.165) is 50.4 Å². The number of aliphatic imine (C=N–C) groups is 1. The molecular weight excluding hydrogens is 366 g/mol. The van der Waals surface area contributed by atoms with Gasteiger partial charge < -0.3 is 26.0 Å². The van der Waals surface area contributed by atoms with Crippen molar-refractivity contribution in [2.24, 2.45) is 10.9 Å². The Bertz CT molecular complexity index is 613. The van der Waals surface area contributed by atoms with E-state index in [1.807, 2.05) is 50.2 Å². The average Bonchev–Trinajstić information content (AvgIpc) is 2.70. The van der Waals surface area contributed by atoms with Crippen LogP contribution >= 0.6 is 0 Å². The normalized spacial score (nSPS) is 12.7. The Kier molecular flexibility index (Phi) is 12.7. The summed E-state index contributed by atoms with van der Waals surface area (Å²) in [6.07, 6.45) is 2.98. The molecule has 0 aliphatic heterocycles. The van der Waals surface area contributed by atoms with Crippen LogP contribution in [0.3, 0.4) is 0 Å². The number of guanidine groups is 1. The van der Waals surface area contributed by atoms with Crippen molar-refractivity contribution in [1.29, 1.82) is 0 Å². The van der Waals surface area contributed by atoms with Gasteiger partial charge in [-0.15, -0.1) is 0 Å². The van der Waals surface area contributed by atoms with Crippen molar-refractivity contribution in [3.05, 3.63) is 35.4 Å². The molecule has 0 aromatic heterocycles. The second-order valence-corrected chi connectivity index (χ2v) is 7.50. The van der Waals surface area contributed by atoms with Crippen molar-refractivity contribution in [2.75, 3.05) is 46.9 Å². The van der Waals surface area contributed by atoms with E-state index in [1.165, 1.54) is 0 Å². The van der Waals surface area contributed by atoms with E-state index < -0.39 is 0 Å². The molecule has 7 heteroatoms. The summed E-state index contributed by atoms with van der Waals surface area (Å²) >= 11 is 0. The number of carbonyl (C=O) groups excluding carboxylic acids is 1. The van der Waals surface area contributed by atoms with Crippen LogP contribution in [-0.4, -0.2) is 68.8 Å². The van der Waals surface area contributed by atoms with Crippen LogP contribution < -0.4 is 16.0 Å². The summed E-state index contributed by atoms with van der Waals surface area (Å²) in [6.45, 7) is 7.89. The molecule has 0 fully saturated rings. The van der Waals surface area contributed by atoms with E-state index in [2.05, 4.69) is 27.9 Å². The van der Waals surface area contributed by atoms with E-state index in [1.54, 1.807) is 0 Å². The fraction of sp³-hybridized carbons (Fsp3) is 0.636. The Hall–Kier alpha value is -2.12. The number of carbonyl (C=O) groups is 1. The fourth-order valence-electron chi connectivity index (χ4n) is 3.00. The van der Waals surface area contributed by atoms with Gasteiger partial charge in [0.2, 0.25) is 0 Å². The zero-order valence-electron chi connectivity index (χ0n) is 18.5. The first-order valence-corrected chi connectivity index (χ1v) is 10.6. The smallest absolute Gasteiger partial charge is 0.251 e. The molecule has 0 bridgehead atoms. The van der Waals surface area contributed by atoms with Crippen molar-refractivity contribution in [3.63, 3.8) is 0 Å². The van der Waals surface area contributed by atoms with Gasteiger partial charge in [-0.25, -0.2) is 4.99 Å². The molecule has 0 aliphatic rings. The molecule has 29 heavy (non-hydrogen) atoms. The highest BCUT2D eigenvalue weighted by molar-refractivity contribution is 5.94. The zero-order valence-corrected chi connectivity index (χ0v) is 18.5. The summed E-state index contributed by atoms with van der Waals surface area (Å²) in [6, 6.07) is 7.59. The molecule has 0 saturated heterocycles. The largest absolute Gasteiger partial charge is 0.396 e. The summed E-state index contributed by atoms with van der Waals surface area (Å²) in [7, 11) is 3.96. The molecule has 1 atom stereocenters. The first kappa shape index (κ1) is 24.9. The van der Waals surface area contributed by atoms with Crippen molar-refractivity contribution in [3.8, 4) is 0 Å². The quantitative estimate of drug-likeness (QED) is 0.297. The van der Waals surface area contributed by atoms with Gasteiger partial charge in [0.25, 0.3) is 5.91 Å². The lowest BCUT2D eigenvalue weighted by atomic mass is 10.0. The van der Waals surface area contributed by atoms with Crippen molar-refractivity contribution >= 4 is 11.9 Å². The van der Waals surface area contributed by atoms with Gasteiger partial charge in [-0.05, 0) is 57.5 Å². The third-order valence-corrected chi connectivity index (χ3v) is 4.59. The zero-order chi connectivity index (χ0) is 21.5. The Morgan fingerprint density at radius 1 is 1.17 bits per heavy atom. The molecule has 7 nitrogen and oxygen atoms in total. The maximum Gasteiger partial charge on any atom is 0.251 e. The molecule has 0 aliphatic carbocycles. The Morgan fingerprint density at radius 3 is 2.62 bits per heavy atom. The van der Waals surface area contributed by atoms with E-state index in [0.29, 0.717) is 24.6 Å². The van der Waals surface area contributed by atoms with Crippen LogP contribution in [0.25, 0.3) is 0 Å².